The van der Waals surface area contributed by atoms with E-state index < -0.39 is 17.4 Å². The van der Waals surface area contributed by atoms with Crippen molar-refractivity contribution in [3.8, 4) is 22.6 Å². The van der Waals surface area contributed by atoms with Crippen LogP contribution >= 0.6 is 11.6 Å². The molecule has 7 rings (SSSR count). The van der Waals surface area contributed by atoms with Crippen molar-refractivity contribution >= 4 is 28.9 Å². The molecule has 3 aromatic carbocycles. The Bertz CT molecular complexity index is 1840. The molecule has 0 radical (unpaired) electrons. The van der Waals surface area contributed by atoms with E-state index in [1.807, 2.05) is 4.57 Å². The number of pyridine rings is 1. The van der Waals surface area contributed by atoms with Gasteiger partial charge in [0.15, 0.2) is 11.5 Å². The fourth-order valence-corrected chi connectivity index (χ4v) is 5.53. The van der Waals surface area contributed by atoms with Crippen molar-refractivity contribution in [3.05, 3.63) is 106 Å². The number of para-hydroxylation sites is 1. The van der Waals surface area contributed by atoms with Crippen molar-refractivity contribution in [1.29, 1.82) is 0 Å². The lowest BCUT2D eigenvalue weighted by Crippen LogP contribution is -2.32. The normalized spacial score (nSPS) is 18.5. The van der Waals surface area contributed by atoms with Gasteiger partial charge in [0, 0.05) is 49.9 Å². The molecule has 226 valence electrons. The van der Waals surface area contributed by atoms with Gasteiger partial charge in [-0.25, -0.2) is 13.8 Å². The van der Waals surface area contributed by atoms with Crippen LogP contribution in [0.15, 0.2) is 66.9 Å². The summed E-state index contributed by atoms with van der Waals surface area (Å²) >= 11 is 5.99. The highest BCUT2D eigenvalue weighted by Gasteiger charge is 2.41. The summed E-state index contributed by atoms with van der Waals surface area (Å²) in [4.78, 5) is 20.4. The largest absolute Gasteiger partial charge is 0.443 e. The Morgan fingerprint density at radius 1 is 1.09 bits per heavy atom. The quantitative estimate of drug-likeness (QED) is 0.209. The van der Waals surface area contributed by atoms with E-state index in [9.17, 15) is 4.79 Å². The van der Waals surface area contributed by atoms with Gasteiger partial charge in [-0.1, -0.05) is 23.7 Å². The van der Waals surface area contributed by atoms with Gasteiger partial charge < -0.3 is 23.9 Å². The molecule has 2 atom stereocenters. The molecular weight excluding hydrogens is 592 g/mol. The first-order valence-corrected chi connectivity index (χ1v) is 14.3. The van der Waals surface area contributed by atoms with E-state index in [0.29, 0.717) is 63.4 Å². The second-order valence-electron chi connectivity index (χ2n) is 10.5. The van der Waals surface area contributed by atoms with Crippen molar-refractivity contribution in [2.45, 2.75) is 38.2 Å². The Balaban J connectivity index is 0.00000168. The molecule has 1 fully saturated rings. The number of carbonyl (C=O) groups excluding carboxylic acids is 1. The number of hydrogen-bond donors (Lipinski definition) is 1. The third-order valence-electron chi connectivity index (χ3n) is 7.73. The van der Waals surface area contributed by atoms with E-state index in [4.69, 9.17) is 30.9 Å². The van der Waals surface area contributed by atoms with Gasteiger partial charge in [-0.3, -0.25) is 9.78 Å². The Morgan fingerprint density at radius 2 is 1.86 bits per heavy atom. The number of ether oxygens (including phenoxy) is 3. The molecule has 2 aliphatic heterocycles. The van der Waals surface area contributed by atoms with E-state index in [-0.39, 0.29) is 18.1 Å². The summed E-state index contributed by atoms with van der Waals surface area (Å²) in [6, 6.07) is 16.3. The van der Waals surface area contributed by atoms with Crippen molar-refractivity contribution in [1.82, 2.24) is 14.5 Å². The predicted octanol–water partition coefficient (Wildman–Crippen LogP) is 6.47. The number of aliphatic hydroxyl groups excluding tert-OH is 1. The minimum absolute atomic E-state index is 0.0192. The van der Waals surface area contributed by atoms with Crippen LogP contribution in [-0.4, -0.2) is 45.7 Å². The number of hydrogen-bond acceptors (Lipinski definition) is 7. The van der Waals surface area contributed by atoms with E-state index >= 15 is 8.78 Å². The van der Waals surface area contributed by atoms with E-state index in [1.165, 1.54) is 18.3 Å². The van der Waals surface area contributed by atoms with Crippen LogP contribution in [0.25, 0.3) is 22.2 Å². The lowest BCUT2D eigenvalue weighted by Gasteiger charge is -2.27. The summed E-state index contributed by atoms with van der Waals surface area (Å²) < 4.78 is 51.2. The van der Waals surface area contributed by atoms with Crippen molar-refractivity contribution in [2.24, 2.45) is 0 Å². The average molecular weight is 620 g/mol. The summed E-state index contributed by atoms with van der Waals surface area (Å²) in [6.45, 7) is 2.87. The van der Waals surface area contributed by atoms with E-state index in [1.54, 1.807) is 55.5 Å². The number of aliphatic hydroxyl groups is 1. The molecule has 8 nitrogen and oxygen atoms in total. The molecular formula is C33H28ClF2N3O5. The fourth-order valence-electron chi connectivity index (χ4n) is 5.42. The van der Waals surface area contributed by atoms with Crippen LogP contribution in [0.3, 0.4) is 0 Å². The van der Waals surface area contributed by atoms with Gasteiger partial charge in [0.05, 0.1) is 28.7 Å². The van der Waals surface area contributed by atoms with Gasteiger partial charge in [0.25, 0.3) is 5.79 Å². The summed E-state index contributed by atoms with van der Waals surface area (Å²) in [5.74, 6) is -1.40. The highest BCUT2D eigenvalue weighted by atomic mass is 35.5. The summed E-state index contributed by atoms with van der Waals surface area (Å²) in [7, 11) is 1.00. The Morgan fingerprint density at radius 3 is 2.52 bits per heavy atom. The van der Waals surface area contributed by atoms with Crippen LogP contribution in [0.2, 0.25) is 5.02 Å². The zero-order valence-corrected chi connectivity index (χ0v) is 24.6. The first kappa shape index (κ1) is 29.7. The smallest absolute Gasteiger partial charge is 0.292 e. The number of rotatable bonds is 7. The molecule has 0 amide bonds. The van der Waals surface area contributed by atoms with Gasteiger partial charge in [-0.05, 0) is 60.5 Å². The van der Waals surface area contributed by atoms with Crippen LogP contribution in [0.1, 0.15) is 40.8 Å². The van der Waals surface area contributed by atoms with Crippen LogP contribution in [0.4, 0.5) is 8.78 Å². The van der Waals surface area contributed by atoms with Crippen LogP contribution in [0, 0.1) is 11.6 Å². The van der Waals surface area contributed by atoms with Gasteiger partial charge in [-0.2, -0.15) is 0 Å². The average Bonchev–Trinajstić information content (AvgIpc) is 3.54. The van der Waals surface area contributed by atoms with Crippen LogP contribution in [-0.2, 0) is 23.5 Å². The molecule has 0 spiro atoms. The number of aldehydes is 1. The second-order valence-corrected chi connectivity index (χ2v) is 11.0. The number of imidazole rings is 1. The summed E-state index contributed by atoms with van der Waals surface area (Å²) in [5, 5.41) is 7.47. The number of benzene rings is 3. The van der Waals surface area contributed by atoms with Gasteiger partial charge >= 0.3 is 0 Å². The third kappa shape index (κ3) is 5.40. The molecule has 2 unspecified atom stereocenters. The van der Waals surface area contributed by atoms with Crippen molar-refractivity contribution < 1.29 is 32.9 Å². The number of carbonyl (C=O) groups is 1. The SMILES string of the molecule is CC1(c2ccc(Cl)cn2)Oc2cccc(-c3cc(F)c(Cc4nc5ccc(C=O)cc5n4CC4CCO4)c(F)c3)c2O1.CO. The summed E-state index contributed by atoms with van der Waals surface area (Å²) in [6.07, 6.45) is 3.04. The van der Waals surface area contributed by atoms with Crippen molar-refractivity contribution in [2.75, 3.05) is 13.7 Å². The first-order chi connectivity index (χ1) is 21.3. The van der Waals surface area contributed by atoms with Crippen molar-refractivity contribution in [3.63, 3.8) is 0 Å². The molecule has 4 heterocycles. The maximum Gasteiger partial charge on any atom is 0.292 e. The molecule has 1 N–H and O–H groups in total. The Labute approximate surface area is 256 Å². The minimum atomic E-state index is -1.24. The van der Waals surface area contributed by atoms with Crippen LogP contribution in [0.5, 0.6) is 11.5 Å². The van der Waals surface area contributed by atoms with E-state index in [0.717, 1.165) is 25.3 Å². The number of aromatic nitrogens is 3. The highest BCUT2D eigenvalue weighted by molar-refractivity contribution is 6.30. The molecule has 5 aromatic rings. The molecule has 2 aliphatic rings. The molecule has 0 bridgehead atoms. The second kappa shape index (κ2) is 12.0. The molecule has 0 saturated carbocycles. The lowest BCUT2D eigenvalue weighted by molar-refractivity contribution is -0.0715. The topological polar surface area (TPSA) is 95.7 Å². The Hall–Kier alpha value is -4.38. The Kier molecular flexibility index (Phi) is 8.06. The number of halogens is 3. The highest BCUT2D eigenvalue weighted by Crippen LogP contribution is 2.49. The first-order valence-electron chi connectivity index (χ1n) is 13.9. The van der Waals surface area contributed by atoms with Gasteiger partial charge in [0.1, 0.15) is 29.4 Å². The standard InChI is InChI=1S/C32H24ClF2N3O4.CH4O/c1-32(29-8-6-20(33)15-36-29)41-28-4-2-3-22(31(28)42-32)19-12-24(34)23(25(35)13-19)14-30-37-26-7-5-18(17-39)11-27(26)38(30)16-21-9-10-40-21;1-2/h2-8,11-13,15,17,21H,9-10,14,16H2,1H3;2H,1H3. The van der Waals surface area contributed by atoms with Gasteiger partial charge in [0.2, 0.25) is 0 Å². The zero-order valence-electron chi connectivity index (χ0n) is 23.9. The molecule has 2 aromatic heterocycles. The van der Waals surface area contributed by atoms with Crippen LogP contribution < -0.4 is 9.47 Å². The molecule has 44 heavy (non-hydrogen) atoms. The molecule has 1 saturated heterocycles. The fraction of sp³-hybridized carbons (Fsp3) is 0.242. The third-order valence-corrected chi connectivity index (χ3v) is 7.95. The minimum Gasteiger partial charge on any atom is -0.443 e. The maximum atomic E-state index is 15.7. The summed E-state index contributed by atoms with van der Waals surface area (Å²) in [5.41, 5.74) is 3.02. The zero-order chi connectivity index (χ0) is 31.0. The van der Waals surface area contributed by atoms with E-state index in [2.05, 4.69) is 9.97 Å². The number of nitrogens with zero attached hydrogens (tertiary/aromatic N) is 3. The monoisotopic (exact) mass is 619 g/mol. The predicted molar refractivity (Wildman–Crippen MR) is 160 cm³/mol. The number of fused-ring (bicyclic) bond motifs is 2. The molecule has 11 heteroatoms. The lowest BCUT2D eigenvalue weighted by atomic mass is 10.00. The van der Waals surface area contributed by atoms with Gasteiger partial charge in [-0.15, -0.1) is 0 Å². The molecule has 0 aliphatic carbocycles. The maximum absolute atomic E-state index is 15.7.